The molecule has 0 spiro atoms. The highest BCUT2D eigenvalue weighted by Gasteiger charge is 2.37. The van der Waals surface area contributed by atoms with Gasteiger partial charge in [0.05, 0.1) is 0 Å². The average molecular weight is 264 g/mol. The van der Waals surface area contributed by atoms with Crippen LogP contribution in [0.15, 0.2) is 0 Å². The van der Waals surface area contributed by atoms with Crippen LogP contribution in [0.25, 0.3) is 0 Å². The SMILES string of the molecule is CCC1CCN(CC2(CNC3CC3)CCCC2)CC1. The molecule has 0 radical (unpaired) electrons. The minimum atomic E-state index is 0.627. The zero-order valence-electron chi connectivity index (χ0n) is 12.8. The topological polar surface area (TPSA) is 15.3 Å². The van der Waals surface area contributed by atoms with Crippen LogP contribution in [0.5, 0.6) is 0 Å². The van der Waals surface area contributed by atoms with Crippen LogP contribution < -0.4 is 5.32 Å². The molecule has 1 N–H and O–H groups in total. The van der Waals surface area contributed by atoms with Gasteiger partial charge in [0.15, 0.2) is 0 Å². The molecule has 3 rings (SSSR count). The number of nitrogens with zero attached hydrogens (tertiary/aromatic N) is 1. The first-order chi connectivity index (χ1) is 9.30. The summed E-state index contributed by atoms with van der Waals surface area (Å²) in [5.74, 6) is 1.01. The van der Waals surface area contributed by atoms with Gasteiger partial charge in [-0.3, -0.25) is 0 Å². The third kappa shape index (κ3) is 3.72. The van der Waals surface area contributed by atoms with E-state index >= 15 is 0 Å². The molecule has 2 heteroatoms. The van der Waals surface area contributed by atoms with Crippen molar-refractivity contribution in [2.75, 3.05) is 26.2 Å². The maximum atomic E-state index is 3.82. The first kappa shape index (κ1) is 13.9. The van der Waals surface area contributed by atoms with Gasteiger partial charge in [0.2, 0.25) is 0 Å². The normalized spacial score (nSPS) is 28.9. The zero-order chi connectivity index (χ0) is 13.1. The molecule has 1 saturated heterocycles. The van der Waals surface area contributed by atoms with Crippen LogP contribution >= 0.6 is 0 Å². The van der Waals surface area contributed by atoms with E-state index in [2.05, 4.69) is 17.1 Å². The molecule has 0 unspecified atom stereocenters. The van der Waals surface area contributed by atoms with Crippen LogP contribution in [0, 0.1) is 11.3 Å². The fourth-order valence-corrected chi connectivity index (χ4v) is 4.19. The predicted octanol–water partition coefficient (Wildman–Crippen LogP) is 3.42. The number of hydrogen-bond acceptors (Lipinski definition) is 2. The summed E-state index contributed by atoms with van der Waals surface area (Å²) in [4.78, 5) is 2.78. The van der Waals surface area contributed by atoms with Crippen molar-refractivity contribution in [3.05, 3.63) is 0 Å². The fraction of sp³-hybridized carbons (Fsp3) is 1.00. The zero-order valence-corrected chi connectivity index (χ0v) is 12.8. The van der Waals surface area contributed by atoms with Crippen molar-refractivity contribution < 1.29 is 0 Å². The fourth-order valence-electron chi connectivity index (χ4n) is 4.19. The quantitative estimate of drug-likeness (QED) is 0.791. The third-order valence-corrected chi connectivity index (χ3v) is 5.85. The van der Waals surface area contributed by atoms with E-state index in [4.69, 9.17) is 0 Å². The molecule has 2 aliphatic carbocycles. The molecule has 0 aromatic heterocycles. The van der Waals surface area contributed by atoms with E-state index in [1.807, 2.05) is 0 Å². The van der Waals surface area contributed by atoms with Gasteiger partial charge in [-0.2, -0.15) is 0 Å². The van der Waals surface area contributed by atoms with Gasteiger partial charge in [0.25, 0.3) is 0 Å². The highest BCUT2D eigenvalue weighted by atomic mass is 15.1. The second kappa shape index (κ2) is 6.13. The van der Waals surface area contributed by atoms with Crippen molar-refractivity contribution in [3.63, 3.8) is 0 Å². The Kier molecular flexibility index (Phi) is 4.48. The lowest BCUT2D eigenvalue weighted by atomic mass is 9.84. The Labute approximate surface area is 119 Å². The van der Waals surface area contributed by atoms with E-state index in [0.717, 1.165) is 12.0 Å². The first-order valence-electron chi connectivity index (χ1n) is 8.75. The van der Waals surface area contributed by atoms with Gasteiger partial charge in [-0.05, 0) is 62.9 Å². The Morgan fingerprint density at radius 2 is 1.74 bits per heavy atom. The minimum Gasteiger partial charge on any atom is -0.313 e. The Hall–Kier alpha value is -0.0800. The van der Waals surface area contributed by atoms with Gasteiger partial charge >= 0.3 is 0 Å². The molecule has 0 amide bonds. The van der Waals surface area contributed by atoms with Gasteiger partial charge < -0.3 is 10.2 Å². The van der Waals surface area contributed by atoms with Crippen LogP contribution in [0.3, 0.4) is 0 Å². The van der Waals surface area contributed by atoms with Crippen molar-refractivity contribution in [2.45, 2.75) is 70.8 Å². The molecule has 0 bridgehead atoms. The Balaban J connectivity index is 1.49. The monoisotopic (exact) mass is 264 g/mol. The molecule has 0 aromatic carbocycles. The second-order valence-electron chi connectivity index (χ2n) is 7.49. The molecule has 110 valence electrons. The molecule has 3 fully saturated rings. The van der Waals surface area contributed by atoms with Gasteiger partial charge in [0.1, 0.15) is 0 Å². The van der Waals surface area contributed by atoms with E-state index in [1.54, 1.807) is 0 Å². The maximum absolute atomic E-state index is 3.82. The summed E-state index contributed by atoms with van der Waals surface area (Å²) >= 11 is 0. The number of likely N-dealkylation sites (tertiary alicyclic amines) is 1. The smallest absolute Gasteiger partial charge is 0.00684 e. The number of nitrogens with one attached hydrogen (secondary N) is 1. The van der Waals surface area contributed by atoms with E-state index in [-0.39, 0.29) is 0 Å². The van der Waals surface area contributed by atoms with Gasteiger partial charge in [0, 0.05) is 19.1 Å². The lowest BCUT2D eigenvalue weighted by molar-refractivity contribution is 0.109. The summed E-state index contributed by atoms with van der Waals surface area (Å²) in [6, 6.07) is 0.878. The molecule has 3 aliphatic rings. The van der Waals surface area contributed by atoms with Crippen molar-refractivity contribution in [3.8, 4) is 0 Å². The van der Waals surface area contributed by atoms with Gasteiger partial charge in [-0.1, -0.05) is 26.2 Å². The van der Waals surface area contributed by atoms with Gasteiger partial charge in [-0.25, -0.2) is 0 Å². The standard InChI is InChI=1S/C17H32N2/c1-2-15-7-11-19(12-8-15)14-17(9-3-4-10-17)13-18-16-5-6-16/h15-16,18H,2-14H2,1H3. The van der Waals surface area contributed by atoms with Gasteiger partial charge in [-0.15, -0.1) is 0 Å². The van der Waals surface area contributed by atoms with E-state index < -0.39 is 0 Å². The highest BCUT2D eigenvalue weighted by Crippen LogP contribution is 2.39. The van der Waals surface area contributed by atoms with Crippen LogP contribution in [-0.2, 0) is 0 Å². The summed E-state index contributed by atoms with van der Waals surface area (Å²) in [5.41, 5.74) is 0.627. The van der Waals surface area contributed by atoms with E-state index in [0.29, 0.717) is 5.41 Å². The second-order valence-corrected chi connectivity index (χ2v) is 7.49. The molecule has 1 aliphatic heterocycles. The number of piperidine rings is 1. The molecule has 0 atom stereocenters. The van der Waals surface area contributed by atoms with Crippen LogP contribution in [0.4, 0.5) is 0 Å². The largest absolute Gasteiger partial charge is 0.313 e. The molecule has 0 aromatic rings. The van der Waals surface area contributed by atoms with E-state index in [9.17, 15) is 0 Å². The van der Waals surface area contributed by atoms with Crippen molar-refractivity contribution in [1.29, 1.82) is 0 Å². The molecule has 2 nitrogen and oxygen atoms in total. The minimum absolute atomic E-state index is 0.627. The summed E-state index contributed by atoms with van der Waals surface area (Å²) in [6.45, 7) is 7.76. The average Bonchev–Trinajstić information content (AvgIpc) is 3.17. The third-order valence-electron chi connectivity index (χ3n) is 5.85. The highest BCUT2D eigenvalue weighted by molar-refractivity contribution is 4.93. The van der Waals surface area contributed by atoms with E-state index in [1.165, 1.54) is 84.0 Å². The summed E-state index contributed by atoms with van der Waals surface area (Å²) in [6.07, 6.45) is 13.0. The Morgan fingerprint density at radius 1 is 1.05 bits per heavy atom. The predicted molar refractivity (Wildman–Crippen MR) is 81.4 cm³/mol. The lowest BCUT2D eigenvalue weighted by Crippen LogP contribution is -2.45. The van der Waals surface area contributed by atoms with Crippen LogP contribution in [-0.4, -0.2) is 37.1 Å². The molecular formula is C17H32N2. The molecule has 2 saturated carbocycles. The maximum Gasteiger partial charge on any atom is 0.00684 e. The van der Waals surface area contributed by atoms with Crippen molar-refractivity contribution in [1.82, 2.24) is 10.2 Å². The Bertz CT molecular complexity index is 271. The van der Waals surface area contributed by atoms with Crippen molar-refractivity contribution in [2.24, 2.45) is 11.3 Å². The van der Waals surface area contributed by atoms with Crippen LogP contribution in [0.1, 0.15) is 64.7 Å². The van der Waals surface area contributed by atoms with Crippen LogP contribution in [0.2, 0.25) is 0 Å². The number of rotatable bonds is 6. The van der Waals surface area contributed by atoms with Crippen molar-refractivity contribution >= 4 is 0 Å². The first-order valence-corrected chi connectivity index (χ1v) is 8.75. The Morgan fingerprint density at radius 3 is 2.32 bits per heavy atom. The number of hydrogen-bond donors (Lipinski definition) is 1. The molecule has 19 heavy (non-hydrogen) atoms. The summed E-state index contributed by atoms with van der Waals surface area (Å²) in [7, 11) is 0. The summed E-state index contributed by atoms with van der Waals surface area (Å²) < 4.78 is 0. The molecular weight excluding hydrogens is 232 g/mol. The molecule has 1 heterocycles. The lowest BCUT2D eigenvalue weighted by Gasteiger charge is -2.39. The summed E-state index contributed by atoms with van der Waals surface area (Å²) in [5, 5.41) is 3.82.